The molecule has 0 bridgehead atoms. The molecule has 23 heavy (non-hydrogen) atoms. The van der Waals surface area contributed by atoms with Gasteiger partial charge in [-0.2, -0.15) is 0 Å². The Bertz CT molecular complexity index is 688. The summed E-state index contributed by atoms with van der Waals surface area (Å²) in [5.41, 5.74) is 2.40. The van der Waals surface area contributed by atoms with E-state index < -0.39 is 5.97 Å². The molecule has 1 aromatic heterocycles. The molecule has 122 valence electrons. The molecule has 1 N–H and O–H groups in total. The zero-order valence-corrected chi connectivity index (χ0v) is 14.3. The van der Waals surface area contributed by atoms with E-state index in [1.165, 1.54) is 36.2 Å². The molecule has 0 amide bonds. The van der Waals surface area contributed by atoms with Crippen LogP contribution < -0.4 is 0 Å². The number of nitrogens with zero attached hydrogens (tertiary/aromatic N) is 2. The second-order valence-corrected chi connectivity index (χ2v) is 7.16. The third kappa shape index (κ3) is 3.46. The van der Waals surface area contributed by atoms with Crippen molar-refractivity contribution >= 4 is 17.3 Å². The van der Waals surface area contributed by atoms with Gasteiger partial charge in [0.25, 0.3) is 0 Å². The molecule has 3 rings (SSSR count). The highest BCUT2D eigenvalue weighted by Crippen LogP contribution is 2.31. The standard InChI is InChI=1S/C18H22N2O2S/c1-12-6-5-7-13(2)20(12)10-14-8-3-4-9-15(14)17-19-16(11-23-17)18(21)22/h3-4,8-9,11-13H,5-7,10H2,1-2H3,(H,21,22). The van der Waals surface area contributed by atoms with Crippen LogP contribution in [0.15, 0.2) is 29.6 Å². The maximum absolute atomic E-state index is 11.1. The molecule has 2 heterocycles. The summed E-state index contributed by atoms with van der Waals surface area (Å²) in [6, 6.07) is 9.37. The summed E-state index contributed by atoms with van der Waals surface area (Å²) >= 11 is 1.40. The van der Waals surface area contributed by atoms with E-state index in [0.29, 0.717) is 12.1 Å². The lowest BCUT2D eigenvalue weighted by atomic mass is 9.96. The Morgan fingerprint density at radius 2 is 2.00 bits per heavy atom. The number of hydrogen-bond acceptors (Lipinski definition) is 4. The lowest BCUT2D eigenvalue weighted by molar-refractivity contribution is 0.0691. The van der Waals surface area contributed by atoms with Gasteiger partial charge in [-0.15, -0.1) is 11.3 Å². The first kappa shape index (κ1) is 16.1. The van der Waals surface area contributed by atoms with Crippen molar-refractivity contribution < 1.29 is 9.90 Å². The number of carbonyl (C=O) groups is 1. The van der Waals surface area contributed by atoms with Gasteiger partial charge >= 0.3 is 5.97 Å². The minimum atomic E-state index is -0.969. The second kappa shape index (κ2) is 6.81. The van der Waals surface area contributed by atoms with Crippen LogP contribution in [0.25, 0.3) is 10.6 Å². The number of piperidine rings is 1. The fraction of sp³-hybridized carbons (Fsp3) is 0.444. The predicted molar refractivity (Wildman–Crippen MR) is 92.8 cm³/mol. The molecule has 0 aliphatic carbocycles. The first-order valence-electron chi connectivity index (χ1n) is 8.09. The Balaban J connectivity index is 1.89. The van der Waals surface area contributed by atoms with E-state index in [0.717, 1.165) is 17.1 Å². The summed E-state index contributed by atoms with van der Waals surface area (Å²) in [6.07, 6.45) is 3.79. The number of hydrogen-bond donors (Lipinski definition) is 1. The van der Waals surface area contributed by atoms with Gasteiger partial charge in [-0.25, -0.2) is 9.78 Å². The van der Waals surface area contributed by atoms with Gasteiger partial charge in [0.15, 0.2) is 5.69 Å². The van der Waals surface area contributed by atoms with Crippen LogP contribution in [0, 0.1) is 0 Å². The van der Waals surface area contributed by atoms with Gasteiger partial charge in [-0.3, -0.25) is 4.90 Å². The monoisotopic (exact) mass is 330 g/mol. The largest absolute Gasteiger partial charge is 0.476 e. The average Bonchev–Trinajstić information content (AvgIpc) is 3.01. The van der Waals surface area contributed by atoms with E-state index in [2.05, 4.69) is 29.8 Å². The number of carboxylic acid groups (broad SMARTS) is 1. The second-order valence-electron chi connectivity index (χ2n) is 6.30. The highest BCUT2D eigenvalue weighted by atomic mass is 32.1. The van der Waals surface area contributed by atoms with E-state index in [9.17, 15) is 4.79 Å². The molecule has 1 aliphatic rings. The number of thiazole rings is 1. The molecule has 1 fully saturated rings. The van der Waals surface area contributed by atoms with Crippen LogP contribution in [0.4, 0.5) is 0 Å². The summed E-state index contributed by atoms with van der Waals surface area (Å²) in [6.45, 7) is 5.48. The van der Waals surface area contributed by atoms with Crippen LogP contribution in [0.3, 0.4) is 0 Å². The van der Waals surface area contributed by atoms with Crippen LogP contribution in [0.1, 0.15) is 49.2 Å². The number of aromatic carboxylic acids is 1. The summed E-state index contributed by atoms with van der Waals surface area (Å²) in [5.74, 6) is -0.969. The molecular weight excluding hydrogens is 308 g/mol. The normalized spacial score (nSPS) is 22.2. The number of benzene rings is 1. The number of likely N-dealkylation sites (tertiary alicyclic amines) is 1. The summed E-state index contributed by atoms with van der Waals surface area (Å²) in [7, 11) is 0. The zero-order chi connectivity index (χ0) is 16.4. The number of aromatic nitrogens is 1. The Labute approximate surface area is 140 Å². The van der Waals surface area contributed by atoms with E-state index in [-0.39, 0.29) is 5.69 Å². The van der Waals surface area contributed by atoms with E-state index >= 15 is 0 Å². The maximum atomic E-state index is 11.1. The average molecular weight is 330 g/mol. The van der Waals surface area contributed by atoms with Crippen molar-refractivity contribution in [2.75, 3.05) is 0 Å². The van der Waals surface area contributed by atoms with Gasteiger partial charge in [-0.1, -0.05) is 30.7 Å². The van der Waals surface area contributed by atoms with E-state index in [4.69, 9.17) is 5.11 Å². The van der Waals surface area contributed by atoms with Crippen molar-refractivity contribution in [1.82, 2.24) is 9.88 Å². The fourth-order valence-corrected chi connectivity index (χ4v) is 4.20. The van der Waals surface area contributed by atoms with Gasteiger partial charge < -0.3 is 5.11 Å². The van der Waals surface area contributed by atoms with Crippen molar-refractivity contribution in [1.29, 1.82) is 0 Å². The molecule has 5 heteroatoms. The zero-order valence-electron chi connectivity index (χ0n) is 13.5. The van der Waals surface area contributed by atoms with Gasteiger partial charge in [0.05, 0.1) is 0 Å². The maximum Gasteiger partial charge on any atom is 0.355 e. The summed E-state index contributed by atoms with van der Waals surface area (Å²) < 4.78 is 0. The summed E-state index contributed by atoms with van der Waals surface area (Å²) in [5, 5.41) is 11.5. The Kier molecular flexibility index (Phi) is 4.78. The van der Waals surface area contributed by atoms with Crippen molar-refractivity contribution in [3.05, 3.63) is 40.9 Å². The third-order valence-corrected chi connectivity index (χ3v) is 5.58. The van der Waals surface area contributed by atoms with Gasteiger partial charge in [0.1, 0.15) is 5.01 Å². The molecule has 1 aromatic carbocycles. The van der Waals surface area contributed by atoms with Crippen molar-refractivity contribution in [3.8, 4) is 10.6 Å². The molecule has 1 aliphatic heterocycles. The quantitative estimate of drug-likeness (QED) is 0.909. The van der Waals surface area contributed by atoms with Gasteiger partial charge in [0, 0.05) is 29.6 Å². The third-order valence-electron chi connectivity index (χ3n) is 4.70. The van der Waals surface area contributed by atoms with Crippen LogP contribution >= 0.6 is 11.3 Å². The van der Waals surface area contributed by atoms with E-state index in [1.807, 2.05) is 18.2 Å². The van der Waals surface area contributed by atoms with Crippen molar-refractivity contribution in [3.63, 3.8) is 0 Å². The van der Waals surface area contributed by atoms with Crippen molar-refractivity contribution in [2.45, 2.75) is 51.7 Å². The first-order valence-corrected chi connectivity index (χ1v) is 8.97. The van der Waals surface area contributed by atoms with Gasteiger partial charge in [-0.05, 0) is 32.3 Å². The molecule has 0 saturated carbocycles. The van der Waals surface area contributed by atoms with Gasteiger partial charge in [0.2, 0.25) is 0 Å². The molecule has 0 radical (unpaired) electrons. The molecular formula is C18H22N2O2S. The van der Waals surface area contributed by atoms with Crippen LogP contribution in [0.2, 0.25) is 0 Å². The van der Waals surface area contributed by atoms with E-state index in [1.54, 1.807) is 5.38 Å². The predicted octanol–water partition coefficient (Wildman–Crippen LogP) is 4.27. The molecule has 2 aromatic rings. The van der Waals surface area contributed by atoms with Crippen LogP contribution in [0.5, 0.6) is 0 Å². The molecule has 4 nitrogen and oxygen atoms in total. The number of rotatable bonds is 4. The molecule has 0 spiro atoms. The molecule has 1 saturated heterocycles. The molecule has 2 unspecified atom stereocenters. The Morgan fingerprint density at radius 1 is 1.30 bits per heavy atom. The minimum Gasteiger partial charge on any atom is -0.476 e. The highest BCUT2D eigenvalue weighted by molar-refractivity contribution is 7.13. The Hall–Kier alpha value is -1.72. The number of carboxylic acids is 1. The van der Waals surface area contributed by atoms with Crippen molar-refractivity contribution in [2.24, 2.45) is 0 Å². The SMILES string of the molecule is CC1CCCC(C)N1Cc1ccccc1-c1nc(C(=O)O)cs1. The highest BCUT2D eigenvalue weighted by Gasteiger charge is 2.25. The lowest BCUT2D eigenvalue weighted by Gasteiger charge is -2.39. The molecule has 2 atom stereocenters. The smallest absolute Gasteiger partial charge is 0.355 e. The van der Waals surface area contributed by atoms with Crippen LogP contribution in [-0.2, 0) is 6.54 Å². The Morgan fingerprint density at radius 3 is 2.65 bits per heavy atom. The topological polar surface area (TPSA) is 53.4 Å². The lowest BCUT2D eigenvalue weighted by Crippen LogP contribution is -2.43. The van der Waals surface area contributed by atoms with Crippen LogP contribution in [-0.4, -0.2) is 33.0 Å². The minimum absolute atomic E-state index is 0.125. The first-order chi connectivity index (χ1) is 11.1. The fourth-order valence-electron chi connectivity index (χ4n) is 3.35. The summed E-state index contributed by atoms with van der Waals surface area (Å²) in [4.78, 5) is 17.9.